The van der Waals surface area contributed by atoms with Crippen LogP contribution in [0.25, 0.3) is 0 Å². The first-order chi connectivity index (χ1) is 14.1. The van der Waals surface area contributed by atoms with Crippen LogP contribution in [0.2, 0.25) is 0 Å². The summed E-state index contributed by atoms with van der Waals surface area (Å²) >= 11 is 0. The number of benzene rings is 2. The number of hydrogen-bond donors (Lipinski definition) is 2. The van der Waals surface area contributed by atoms with Gasteiger partial charge < -0.3 is 10.0 Å². The number of amides is 1. The SMILES string of the molecule is Cc1cc(C)c(S(=O)(=O)Nc2cccc(N3CCCCC3=O)c2)c(C)c1CC(=O)O. The molecule has 0 aromatic heterocycles. The molecule has 0 radical (unpaired) electrons. The number of hydrogen-bond acceptors (Lipinski definition) is 4. The highest BCUT2D eigenvalue weighted by atomic mass is 32.2. The van der Waals surface area contributed by atoms with Crippen LogP contribution in [0.15, 0.2) is 35.2 Å². The maximum Gasteiger partial charge on any atom is 0.307 e. The van der Waals surface area contributed by atoms with Crippen LogP contribution in [-0.4, -0.2) is 31.9 Å². The van der Waals surface area contributed by atoms with Gasteiger partial charge in [-0.1, -0.05) is 12.1 Å². The maximum atomic E-state index is 13.2. The van der Waals surface area contributed by atoms with Crippen molar-refractivity contribution >= 4 is 33.3 Å². The van der Waals surface area contributed by atoms with Crippen molar-refractivity contribution in [2.75, 3.05) is 16.2 Å². The highest BCUT2D eigenvalue weighted by molar-refractivity contribution is 7.92. The Balaban J connectivity index is 1.97. The molecule has 0 spiro atoms. The molecule has 1 saturated heterocycles. The summed E-state index contributed by atoms with van der Waals surface area (Å²) in [7, 11) is -3.96. The van der Waals surface area contributed by atoms with Gasteiger partial charge in [-0.15, -0.1) is 0 Å². The topological polar surface area (TPSA) is 104 Å². The lowest BCUT2D eigenvalue weighted by atomic mass is 9.97. The summed E-state index contributed by atoms with van der Waals surface area (Å²) in [6, 6.07) is 8.47. The summed E-state index contributed by atoms with van der Waals surface area (Å²) in [6.07, 6.45) is 2.03. The van der Waals surface area contributed by atoms with Gasteiger partial charge in [-0.05, 0) is 74.1 Å². The van der Waals surface area contributed by atoms with Gasteiger partial charge in [0.15, 0.2) is 0 Å². The Morgan fingerprint density at radius 1 is 1.13 bits per heavy atom. The number of carbonyl (C=O) groups excluding carboxylic acids is 1. The highest BCUT2D eigenvalue weighted by Crippen LogP contribution is 2.30. The third kappa shape index (κ3) is 4.48. The van der Waals surface area contributed by atoms with Gasteiger partial charge in [-0.3, -0.25) is 14.3 Å². The normalized spacial score (nSPS) is 14.6. The minimum absolute atomic E-state index is 0.0322. The van der Waals surface area contributed by atoms with Crippen LogP contribution in [0.5, 0.6) is 0 Å². The van der Waals surface area contributed by atoms with E-state index in [0.29, 0.717) is 41.0 Å². The van der Waals surface area contributed by atoms with E-state index in [1.54, 1.807) is 56.0 Å². The number of aryl methyl sites for hydroxylation is 2. The number of carboxylic acid groups (broad SMARTS) is 1. The zero-order valence-corrected chi connectivity index (χ0v) is 18.2. The Labute approximate surface area is 176 Å². The van der Waals surface area contributed by atoms with E-state index in [9.17, 15) is 23.1 Å². The monoisotopic (exact) mass is 430 g/mol. The number of carboxylic acids is 1. The Morgan fingerprint density at radius 2 is 1.87 bits per heavy atom. The van der Waals surface area contributed by atoms with E-state index in [1.165, 1.54) is 0 Å². The molecule has 3 rings (SSSR count). The molecular formula is C22H26N2O5S. The molecule has 0 aliphatic carbocycles. The van der Waals surface area contributed by atoms with Crippen molar-refractivity contribution in [1.29, 1.82) is 0 Å². The van der Waals surface area contributed by atoms with Crippen LogP contribution < -0.4 is 9.62 Å². The first-order valence-corrected chi connectivity index (χ1v) is 11.3. The smallest absolute Gasteiger partial charge is 0.307 e. The molecule has 0 bridgehead atoms. The number of rotatable bonds is 6. The van der Waals surface area contributed by atoms with Gasteiger partial charge in [-0.2, -0.15) is 0 Å². The van der Waals surface area contributed by atoms with Gasteiger partial charge in [0.05, 0.1) is 17.0 Å². The second kappa shape index (κ2) is 8.47. The Kier molecular flexibility index (Phi) is 6.17. The van der Waals surface area contributed by atoms with E-state index in [0.717, 1.165) is 18.4 Å². The van der Waals surface area contributed by atoms with Crippen LogP contribution >= 0.6 is 0 Å². The fourth-order valence-corrected chi connectivity index (χ4v) is 5.61. The number of anilines is 2. The van der Waals surface area contributed by atoms with Crippen LogP contribution in [0.3, 0.4) is 0 Å². The first kappa shape index (κ1) is 21.8. The van der Waals surface area contributed by atoms with Gasteiger partial charge in [0, 0.05) is 18.7 Å². The maximum absolute atomic E-state index is 13.2. The number of aliphatic carboxylic acids is 1. The van der Waals surface area contributed by atoms with E-state index in [4.69, 9.17) is 0 Å². The lowest BCUT2D eigenvalue weighted by molar-refractivity contribution is -0.136. The summed E-state index contributed by atoms with van der Waals surface area (Å²) in [5.41, 5.74) is 3.24. The summed E-state index contributed by atoms with van der Waals surface area (Å²) in [6.45, 7) is 5.72. The molecular weight excluding hydrogens is 404 g/mol. The molecule has 7 nitrogen and oxygen atoms in total. The highest BCUT2D eigenvalue weighted by Gasteiger charge is 2.25. The number of nitrogens with zero attached hydrogens (tertiary/aromatic N) is 1. The van der Waals surface area contributed by atoms with Crippen LogP contribution in [0.4, 0.5) is 11.4 Å². The molecule has 1 heterocycles. The minimum atomic E-state index is -3.96. The third-order valence-corrected chi connectivity index (χ3v) is 7.06. The zero-order valence-electron chi connectivity index (χ0n) is 17.4. The third-order valence-electron chi connectivity index (χ3n) is 5.39. The largest absolute Gasteiger partial charge is 0.481 e. The van der Waals surface area contributed by atoms with E-state index in [1.807, 2.05) is 0 Å². The second-order valence-electron chi connectivity index (χ2n) is 7.67. The van der Waals surface area contributed by atoms with Gasteiger partial charge in [0.1, 0.15) is 0 Å². The number of carbonyl (C=O) groups is 2. The molecule has 8 heteroatoms. The quantitative estimate of drug-likeness (QED) is 0.729. The Hall–Kier alpha value is -2.87. The van der Waals surface area contributed by atoms with Crippen molar-refractivity contribution in [3.63, 3.8) is 0 Å². The molecule has 1 fully saturated rings. The van der Waals surface area contributed by atoms with Gasteiger partial charge in [-0.25, -0.2) is 8.42 Å². The van der Waals surface area contributed by atoms with Crippen molar-refractivity contribution in [2.24, 2.45) is 0 Å². The molecule has 30 heavy (non-hydrogen) atoms. The zero-order chi connectivity index (χ0) is 22.1. The van der Waals surface area contributed by atoms with E-state index < -0.39 is 16.0 Å². The van der Waals surface area contributed by atoms with Crippen LogP contribution in [-0.2, 0) is 26.0 Å². The molecule has 2 aromatic rings. The van der Waals surface area contributed by atoms with E-state index >= 15 is 0 Å². The van der Waals surface area contributed by atoms with E-state index in [-0.39, 0.29) is 17.2 Å². The van der Waals surface area contributed by atoms with Crippen molar-refractivity contribution in [3.8, 4) is 0 Å². The first-order valence-electron chi connectivity index (χ1n) is 9.85. The van der Waals surface area contributed by atoms with E-state index in [2.05, 4.69) is 4.72 Å². The molecule has 1 aliphatic heterocycles. The number of nitrogens with one attached hydrogen (secondary N) is 1. The minimum Gasteiger partial charge on any atom is -0.481 e. The van der Waals surface area contributed by atoms with Gasteiger partial charge in [0.25, 0.3) is 10.0 Å². The predicted molar refractivity (Wildman–Crippen MR) is 115 cm³/mol. The van der Waals surface area contributed by atoms with Gasteiger partial charge >= 0.3 is 5.97 Å². The molecule has 2 aromatic carbocycles. The van der Waals surface area contributed by atoms with Crippen LogP contribution in [0.1, 0.15) is 41.5 Å². The summed E-state index contributed by atoms with van der Waals surface area (Å²) in [5.74, 6) is -0.981. The van der Waals surface area contributed by atoms with Crippen molar-refractivity contribution < 1.29 is 23.1 Å². The van der Waals surface area contributed by atoms with Crippen LogP contribution in [0, 0.1) is 20.8 Å². The molecule has 1 amide bonds. The summed E-state index contributed by atoms with van der Waals surface area (Å²) < 4.78 is 29.0. The average molecular weight is 431 g/mol. The standard InChI is InChI=1S/C22H26N2O5S/c1-14-11-15(2)22(16(3)19(14)13-21(26)27)30(28,29)23-17-7-6-8-18(12-17)24-10-5-4-9-20(24)25/h6-8,11-12,23H,4-5,9-10,13H2,1-3H3,(H,26,27). The average Bonchev–Trinajstić information content (AvgIpc) is 2.64. The fraction of sp³-hybridized carbons (Fsp3) is 0.364. The Morgan fingerprint density at radius 3 is 2.53 bits per heavy atom. The molecule has 2 N–H and O–H groups in total. The molecule has 0 unspecified atom stereocenters. The Bertz CT molecular complexity index is 1110. The van der Waals surface area contributed by atoms with Crippen molar-refractivity contribution in [2.45, 2.75) is 51.3 Å². The van der Waals surface area contributed by atoms with Crippen molar-refractivity contribution in [3.05, 3.63) is 52.6 Å². The fourth-order valence-electron chi connectivity index (χ4n) is 4.07. The molecule has 1 aliphatic rings. The molecule has 0 saturated carbocycles. The lowest BCUT2D eigenvalue weighted by Crippen LogP contribution is -2.35. The van der Waals surface area contributed by atoms with Crippen molar-refractivity contribution in [1.82, 2.24) is 0 Å². The summed E-state index contributed by atoms with van der Waals surface area (Å²) in [4.78, 5) is 25.2. The molecule has 0 atom stereocenters. The second-order valence-corrected chi connectivity index (χ2v) is 9.29. The predicted octanol–water partition coefficient (Wildman–Crippen LogP) is 3.56. The van der Waals surface area contributed by atoms with Gasteiger partial charge in [0.2, 0.25) is 5.91 Å². The molecule has 160 valence electrons. The lowest BCUT2D eigenvalue weighted by Gasteiger charge is -2.27. The summed E-state index contributed by atoms with van der Waals surface area (Å²) in [5, 5.41) is 9.19. The number of piperidine rings is 1. The number of sulfonamides is 1.